The van der Waals surface area contributed by atoms with E-state index in [1.54, 1.807) is 37.6 Å². The molecule has 0 radical (unpaired) electrons. The molecule has 31 heteroatoms. The number of carboxylic acids is 2. The molecule has 7 atom stereocenters. The van der Waals surface area contributed by atoms with E-state index < -0.39 is 72.1 Å². The predicted octanol–water partition coefficient (Wildman–Crippen LogP) is 5.49. The van der Waals surface area contributed by atoms with Crippen LogP contribution in [0.1, 0.15) is 102 Å². The normalized spacial score (nSPS) is 24.6. The first-order valence-corrected chi connectivity index (χ1v) is 35.5. The van der Waals surface area contributed by atoms with Gasteiger partial charge < -0.3 is 83.9 Å². The number of carboxylic acid groups (broad SMARTS) is 2. The molecule has 13 rings (SSSR count). The Kier molecular flexibility index (Phi) is 22.7. The van der Waals surface area contributed by atoms with Crippen molar-refractivity contribution in [2.24, 2.45) is 16.2 Å². The molecule has 7 aliphatic rings. The van der Waals surface area contributed by atoms with Gasteiger partial charge in [0.25, 0.3) is 17.7 Å². The highest BCUT2D eigenvalue weighted by molar-refractivity contribution is 7.22. The maximum absolute atomic E-state index is 14.2. The minimum atomic E-state index is -1.94. The molecular formula is C73H88N10O20S. The van der Waals surface area contributed by atoms with Gasteiger partial charge in [0.15, 0.2) is 16.9 Å². The zero-order valence-electron chi connectivity index (χ0n) is 58.6. The van der Waals surface area contributed by atoms with Crippen LogP contribution in [0.25, 0.3) is 21.3 Å². The molecule has 0 spiro atoms. The van der Waals surface area contributed by atoms with E-state index in [0.717, 1.165) is 82.6 Å². The number of methoxy groups -OCH3 is 2. The van der Waals surface area contributed by atoms with Gasteiger partial charge >= 0.3 is 18.0 Å². The number of para-hydroxylation sites is 1. The molecule has 2 unspecified atom stereocenters. The van der Waals surface area contributed by atoms with Gasteiger partial charge in [0.05, 0.1) is 55.6 Å². The van der Waals surface area contributed by atoms with Crippen molar-refractivity contribution in [2.75, 3.05) is 103 Å². The van der Waals surface area contributed by atoms with Crippen molar-refractivity contribution in [1.82, 2.24) is 40.2 Å². The average molecular weight is 1460 g/mol. The topological polar surface area (TPSA) is 384 Å². The van der Waals surface area contributed by atoms with Crippen LogP contribution in [0.3, 0.4) is 0 Å². The molecule has 4 bridgehead atoms. The Bertz CT molecular complexity index is 4170. The van der Waals surface area contributed by atoms with E-state index in [2.05, 4.69) is 34.8 Å². The summed E-state index contributed by atoms with van der Waals surface area (Å²) in [6.45, 7) is 9.74. The van der Waals surface area contributed by atoms with Crippen LogP contribution in [0.4, 0.5) is 15.7 Å². The molecule has 5 amide bonds. The van der Waals surface area contributed by atoms with Gasteiger partial charge in [-0.1, -0.05) is 37.3 Å². The molecule has 1 saturated heterocycles. The largest absolute Gasteiger partial charge is 0.496 e. The Balaban J connectivity index is 0.674. The number of anilines is 2. The molecule has 6 heterocycles. The molecule has 3 aliphatic heterocycles. The summed E-state index contributed by atoms with van der Waals surface area (Å²) in [5, 5.41) is 66.3. The molecule has 3 aromatic heterocycles. The lowest BCUT2D eigenvalue weighted by molar-refractivity contribution is -0.271. The first-order chi connectivity index (χ1) is 49.9. The zero-order chi connectivity index (χ0) is 73.7. The van der Waals surface area contributed by atoms with Crippen LogP contribution in [-0.2, 0) is 69.0 Å². The molecular weight excluding hydrogens is 1370 g/mol. The number of imide groups is 1. The molecule has 3 aromatic carbocycles. The van der Waals surface area contributed by atoms with E-state index in [1.165, 1.54) is 35.5 Å². The van der Waals surface area contributed by atoms with Gasteiger partial charge in [-0.05, 0) is 135 Å². The van der Waals surface area contributed by atoms with Gasteiger partial charge in [-0.2, -0.15) is 5.10 Å². The Labute approximate surface area is 603 Å². The van der Waals surface area contributed by atoms with Crippen molar-refractivity contribution in [3.63, 3.8) is 0 Å². The lowest BCUT2D eigenvalue weighted by Gasteiger charge is -2.69. The van der Waals surface area contributed by atoms with Gasteiger partial charge in [-0.3, -0.25) is 34.1 Å². The van der Waals surface area contributed by atoms with Gasteiger partial charge in [-0.15, -0.1) is 0 Å². The third-order valence-electron chi connectivity index (χ3n) is 20.3. The first-order valence-electron chi connectivity index (χ1n) is 34.7. The van der Waals surface area contributed by atoms with Crippen LogP contribution in [0.15, 0.2) is 85.1 Å². The monoisotopic (exact) mass is 1460 g/mol. The summed E-state index contributed by atoms with van der Waals surface area (Å²) in [4.78, 5) is 103. The number of ether oxygens (including phenoxy) is 8. The number of aromatic carboxylic acids is 1. The molecule has 5 fully saturated rings. The number of hydrogen-bond donors (Lipinski definition) is 8. The fourth-order valence-electron chi connectivity index (χ4n) is 16.7. The lowest BCUT2D eigenvalue weighted by Crippen LogP contribution is -2.64. The first kappa shape index (κ1) is 74.5. The fourth-order valence-corrected chi connectivity index (χ4v) is 17.6. The molecule has 6 aromatic rings. The number of benzene rings is 3. The number of thiazole rings is 1. The van der Waals surface area contributed by atoms with Crippen molar-refractivity contribution >= 4 is 74.2 Å². The summed E-state index contributed by atoms with van der Waals surface area (Å²) in [5.41, 5.74) is 4.15. The number of aliphatic hydroxyl groups excluding tert-OH is 3. The molecule has 556 valence electrons. The standard InChI is InChI=1S/C73H88N10O20S/c1-43-49(47-14-16-55(78-59(47)65(91)92)81-23-19-46-50(33-81)48(13-15-52(46)97-5)64(90)79-68-77-51-9-6-7-10-54(51)104-68)32-76-83(43)42-72-37-70(2)36-71(3,38-72)40-73(39-70,41-72)101-28-25-80(24-27-96-4)69(95)100-35-44-11-12-45(102-67-62(89)60(87)61(88)63(103-67)66(93)94)31-53(44)99-30-29-98-26-22-74-20-8-21-75-56(84)34-82-57(85)17-18-58(82)86/h6-7,9-18,31-32,60-63,67,74,87-89H,8,19-30,33-42H2,1-5H3,(H,75,84)(H,91,92)(H,93,94)(H,77,79,90)/t60-,61-,62+,63-,67+,70?,71?,72?,73?/m0/s1. The van der Waals surface area contributed by atoms with Crippen LogP contribution in [0.2, 0.25) is 0 Å². The summed E-state index contributed by atoms with van der Waals surface area (Å²) in [7, 11) is 3.13. The minimum absolute atomic E-state index is 0.00227. The van der Waals surface area contributed by atoms with Crippen LogP contribution < -0.4 is 35.1 Å². The highest BCUT2D eigenvalue weighted by Gasteiger charge is 2.66. The van der Waals surface area contributed by atoms with Crippen molar-refractivity contribution < 1.29 is 97.0 Å². The lowest BCUT2D eigenvalue weighted by atomic mass is 9.39. The van der Waals surface area contributed by atoms with Gasteiger partial charge in [0.1, 0.15) is 61.1 Å². The summed E-state index contributed by atoms with van der Waals surface area (Å²) in [6.07, 6.45) is 0.349. The van der Waals surface area contributed by atoms with E-state index >= 15 is 0 Å². The molecule has 30 nitrogen and oxygen atoms in total. The number of aliphatic carboxylic acids is 1. The maximum Gasteiger partial charge on any atom is 0.410 e. The third-order valence-corrected chi connectivity index (χ3v) is 21.2. The molecule has 4 aliphatic carbocycles. The zero-order valence-corrected chi connectivity index (χ0v) is 59.4. The van der Waals surface area contributed by atoms with E-state index in [9.17, 15) is 59.1 Å². The fraction of sp³-hybridized carbons (Fsp3) is 0.507. The maximum atomic E-state index is 14.2. The van der Waals surface area contributed by atoms with Crippen LogP contribution >= 0.6 is 11.3 Å². The van der Waals surface area contributed by atoms with E-state index in [1.807, 2.05) is 46.8 Å². The minimum Gasteiger partial charge on any atom is -0.496 e. The molecule has 4 saturated carbocycles. The number of nitrogens with zero attached hydrogens (tertiary/aromatic N) is 7. The number of rotatable bonds is 33. The quantitative estimate of drug-likeness (QED) is 0.0186. The number of nitrogens with one attached hydrogen (secondary N) is 3. The summed E-state index contributed by atoms with van der Waals surface area (Å²) < 4.78 is 50.4. The van der Waals surface area contributed by atoms with Gasteiger partial charge in [-0.25, -0.2) is 24.4 Å². The van der Waals surface area contributed by atoms with Crippen LogP contribution in [0.5, 0.6) is 17.2 Å². The summed E-state index contributed by atoms with van der Waals surface area (Å²) >= 11 is 1.39. The SMILES string of the molecule is COCCN(CCOC12CC3(C)CC(C)(CC(Cn4ncc(-c5ccc(N6CCc7c(OC)ccc(C(=O)Nc8nc9ccccc9s8)c7C6)nc5C(=O)O)c4C)(C3)C1)C2)C(=O)OCc1ccc(O[C@@H]2O[C@H](C(=O)O)[C@@H](O)[C@H](O)[C@H]2O)cc1OCCOCCNCCCNC(=O)CN1C(=O)C=CC1=O. The molecule has 8 N–H and O–H groups in total. The second kappa shape index (κ2) is 31.6. The summed E-state index contributed by atoms with van der Waals surface area (Å²) in [6, 6.07) is 19.2. The molecule has 104 heavy (non-hydrogen) atoms. The van der Waals surface area contributed by atoms with Gasteiger partial charge in [0, 0.05) is 105 Å². The van der Waals surface area contributed by atoms with Crippen LogP contribution in [-0.4, -0.2) is 226 Å². The van der Waals surface area contributed by atoms with Crippen LogP contribution in [0, 0.1) is 23.2 Å². The van der Waals surface area contributed by atoms with Crippen molar-refractivity contribution in [2.45, 2.75) is 128 Å². The second-order valence-corrected chi connectivity index (χ2v) is 29.5. The van der Waals surface area contributed by atoms with Crippen molar-refractivity contribution in [3.05, 3.63) is 119 Å². The number of aromatic nitrogens is 4. The van der Waals surface area contributed by atoms with E-state index in [4.69, 9.17) is 48.0 Å². The Hall–Kier alpha value is -9.18. The number of amides is 5. The number of carbonyl (C=O) groups is 7. The van der Waals surface area contributed by atoms with Crippen molar-refractivity contribution in [1.29, 1.82) is 0 Å². The second-order valence-electron chi connectivity index (χ2n) is 28.4. The number of fused-ring (bicyclic) bond motifs is 2. The Morgan fingerprint density at radius 2 is 1.56 bits per heavy atom. The predicted molar refractivity (Wildman–Crippen MR) is 375 cm³/mol. The Morgan fingerprint density at radius 1 is 0.788 bits per heavy atom. The van der Waals surface area contributed by atoms with Crippen molar-refractivity contribution in [3.8, 4) is 28.4 Å². The smallest absolute Gasteiger partial charge is 0.410 e. The van der Waals surface area contributed by atoms with Gasteiger partial charge in [0.2, 0.25) is 12.2 Å². The number of hydrogen-bond acceptors (Lipinski definition) is 24. The number of carbonyl (C=O) groups excluding carboxylic acids is 5. The van der Waals surface area contributed by atoms with E-state index in [0.29, 0.717) is 84.5 Å². The van der Waals surface area contributed by atoms with E-state index in [-0.39, 0.29) is 105 Å². The summed E-state index contributed by atoms with van der Waals surface area (Å²) in [5.74, 6) is -3.33. The highest BCUT2D eigenvalue weighted by atomic mass is 32.1. The Morgan fingerprint density at radius 3 is 2.30 bits per heavy atom. The number of pyridine rings is 1. The number of aliphatic hydroxyl groups is 3. The third kappa shape index (κ3) is 16.6. The highest BCUT2D eigenvalue weighted by Crippen LogP contribution is 2.72. The average Bonchev–Trinajstić information content (AvgIpc) is 0.854.